The van der Waals surface area contributed by atoms with E-state index in [0.29, 0.717) is 0 Å². The molecule has 0 rings (SSSR count). The number of ether oxygens (including phenoxy) is 3. The molecule has 0 saturated heterocycles. The highest BCUT2D eigenvalue weighted by atomic mass is 16.6. The van der Waals surface area contributed by atoms with Crippen molar-refractivity contribution in [3.8, 4) is 0 Å². The monoisotopic (exact) mass is 270 g/mol. The molecule has 106 valence electrons. The Hall–Kier alpha value is -2.11. The molecular formula is C13H18O6. The Kier molecular flexibility index (Phi) is 7.18. The number of rotatable bonds is 7. The zero-order valence-electron chi connectivity index (χ0n) is 11.4. The highest BCUT2D eigenvalue weighted by Crippen LogP contribution is 2.01. The molecule has 0 N–H and O–H groups in total. The summed E-state index contributed by atoms with van der Waals surface area (Å²) in [4.78, 5) is 33.3. The second-order valence-electron chi connectivity index (χ2n) is 3.99. The Bertz CT molecular complexity index is 366. The first-order valence-corrected chi connectivity index (χ1v) is 5.56. The van der Waals surface area contributed by atoms with Gasteiger partial charge in [0.05, 0.1) is 0 Å². The van der Waals surface area contributed by atoms with Crippen LogP contribution in [0.15, 0.2) is 24.3 Å². The van der Waals surface area contributed by atoms with Crippen LogP contribution < -0.4 is 0 Å². The number of carbonyl (C=O) groups excluding carboxylic acids is 3. The van der Waals surface area contributed by atoms with Crippen molar-refractivity contribution in [2.45, 2.75) is 26.9 Å². The molecule has 0 radical (unpaired) electrons. The third kappa shape index (κ3) is 7.75. The molecule has 0 aromatic carbocycles. The molecule has 0 heterocycles. The molecule has 0 aromatic heterocycles. The molecule has 0 saturated carbocycles. The largest absolute Gasteiger partial charge is 0.458 e. The Morgan fingerprint density at radius 1 is 0.895 bits per heavy atom. The zero-order chi connectivity index (χ0) is 15.0. The molecule has 0 bridgehead atoms. The van der Waals surface area contributed by atoms with Gasteiger partial charge in [0.2, 0.25) is 0 Å². The van der Waals surface area contributed by atoms with Crippen LogP contribution in [0, 0.1) is 0 Å². The van der Waals surface area contributed by atoms with Crippen molar-refractivity contribution in [2.75, 3.05) is 13.2 Å². The summed E-state index contributed by atoms with van der Waals surface area (Å²) in [6.45, 7) is 10.6. The maximum atomic E-state index is 11.2. The second kappa shape index (κ2) is 8.07. The SMILES string of the molecule is C=C(C)C(=O)OCC(COC(=O)C(=C)C)OC(C)=O. The zero-order valence-corrected chi connectivity index (χ0v) is 11.4. The minimum absolute atomic E-state index is 0.214. The van der Waals surface area contributed by atoms with E-state index in [2.05, 4.69) is 13.2 Å². The van der Waals surface area contributed by atoms with E-state index in [4.69, 9.17) is 14.2 Å². The molecule has 0 spiro atoms. The van der Waals surface area contributed by atoms with E-state index in [-0.39, 0.29) is 24.4 Å². The van der Waals surface area contributed by atoms with Gasteiger partial charge in [-0.3, -0.25) is 4.79 Å². The van der Waals surface area contributed by atoms with Crippen LogP contribution in [0.25, 0.3) is 0 Å². The molecule has 0 unspecified atom stereocenters. The molecule has 6 nitrogen and oxygen atoms in total. The van der Waals surface area contributed by atoms with Gasteiger partial charge in [0.25, 0.3) is 0 Å². The topological polar surface area (TPSA) is 78.9 Å². The van der Waals surface area contributed by atoms with Gasteiger partial charge >= 0.3 is 17.9 Å². The van der Waals surface area contributed by atoms with E-state index < -0.39 is 24.0 Å². The van der Waals surface area contributed by atoms with Gasteiger partial charge in [0, 0.05) is 18.1 Å². The maximum Gasteiger partial charge on any atom is 0.333 e. The lowest BCUT2D eigenvalue weighted by Crippen LogP contribution is -2.30. The molecule has 0 atom stereocenters. The van der Waals surface area contributed by atoms with E-state index in [1.165, 1.54) is 20.8 Å². The number of carbonyl (C=O) groups is 3. The van der Waals surface area contributed by atoms with Crippen molar-refractivity contribution in [3.05, 3.63) is 24.3 Å². The summed E-state index contributed by atoms with van der Waals surface area (Å²) < 4.78 is 14.5. The molecule has 0 aliphatic carbocycles. The summed E-state index contributed by atoms with van der Waals surface area (Å²) >= 11 is 0. The van der Waals surface area contributed by atoms with E-state index in [1.54, 1.807) is 0 Å². The average molecular weight is 270 g/mol. The van der Waals surface area contributed by atoms with Gasteiger partial charge in [-0.25, -0.2) is 9.59 Å². The second-order valence-corrected chi connectivity index (χ2v) is 3.99. The van der Waals surface area contributed by atoms with Crippen LogP contribution in [0.1, 0.15) is 20.8 Å². The summed E-state index contributed by atoms with van der Waals surface area (Å²) in [7, 11) is 0. The molecule has 0 aliphatic rings. The Morgan fingerprint density at radius 2 is 1.26 bits per heavy atom. The summed E-state index contributed by atoms with van der Waals surface area (Å²) in [6, 6.07) is 0. The van der Waals surface area contributed by atoms with Gasteiger partial charge in [0.1, 0.15) is 13.2 Å². The van der Waals surface area contributed by atoms with Crippen LogP contribution in [0.4, 0.5) is 0 Å². The fourth-order valence-electron chi connectivity index (χ4n) is 0.935. The van der Waals surface area contributed by atoms with Crippen LogP contribution in [-0.4, -0.2) is 37.2 Å². The van der Waals surface area contributed by atoms with Crippen molar-refractivity contribution in [2.24, 2.45) is 0 Å². The molecule has 0 aliphatic heterocycles. The average Bonchev–Trinajstić information content (AvgIpc) is 2.30. The van der Waals surface area contributed by atoms with Gasteiger partial charge in [-0.15, -0.1) is 0 Å². The van der Waals surface area contributed by atoms with Crippen LogP contribution in [0.5, 0.6) is 0 Å². The first kappa shape index (κ1) is 16.9. The molecular weight excluding hydrogens is 252 g/mol. The van der Waals surface area contributed by atoms with Crippen molar-refractivity contribution in [3.63, 3.8) is 0 Å². The number of esters is 3. The van der Waals surface area contributed by atoms with Crippen molar-refractivity contribution < 1.29 is 28.6 Å². The smallest absolute Gasteiger partial charge is 0.333 e. The predicted molar refractivity (Wildman–Crippen MR) is 67.1 cm³/mol. The molecule has 6 heteroatoms. The predicted octanol–water partition coefficient (Wildman–Crippen LogP) is 1.16. The third-order valence-corrected chi connectivity index (χ3v) is 1.83. The van der Waals surface area contributed by atoms with Gasteiger partial charge < -0.3 is 14.2 Å². The summed E-state index contributed by atoms with van der Waals surface area (Å²) in [5, 5.41) is 0. The maximum absolute atomic E-state index is 11.2. The van der Waals surface area contributed by atoms with Gasteiger partial charge in [-0.05, 0) is 13.8 Å². The first-order chi connectivity index (χ1) is 8.73. The van der Waals surface area contributed by atoms with Crippen molar-refractivity contribution in [1.82, 2.24) is 0 Å². The van der Waals surface area contributed by atoms with E-state index in [0.717, 1.165) is 0 Å². The lowest BCUT2D eigenvalue weighted by atomic mass is 10.3. The first-order valence-electron chi connectivity index (χ1n) is 5.56. The Balaban J connectivity index is 4.34. The fraction of sp³-hybridized carbons (Fsp3) is 0.462. The summed E-state index contributed by atoms with van der Waals surface area (Å²) in [6.07, 6.45) is -0.857. The number of hydrogen-bond donors (Lipinski definition) is 0. The normalized spacial score (nSPS) is 9.68. The standard InChI is InChI=1S/C13H18O6/c1-8(2)12(15)17-6-11(19-10(5)14)7-18-13(16)9(3)4/h11H,1,3,6-7H2,2,4-5H3. The quantitative estimate of drug-likeness (QED) is 0.392. The van der Waals surface area contributed by atoms with Crippen molar-refractivity contribution >= 4 is 17.9 Å². The minimum atomic E-state index is -0.857. The molecule has 0 aromatic rings. The van der Waals surface area contributed by atoms with Crippen LogP contribution in [-0.2, 0) is 28.6 Å². The number of hydrogen-bond acceptors (Lipinski definition) is 6. The summed E-state index contributed by atoms with van der Waals surface area (Å²) in [5.74, 6) is -1.78. The van der Waals surface area contributed by atoms with E-state index in [9.17, 15) is 14.4 Å². The van der Waals surface area contributed by atoms with Crippen molar-refractivity contribution in [1.29, 1.82) is 0 Å². The molecule has 0 amide bonds. The third-order valence-electron chi connectivity index (χ3n) is 1.83. The summed E-state index contributed by atoms with van der Waals surface area (Å²) in [5.41, 5.74) is 0.445. The van der Waals surface area contributed by atoms with Gasteiger partial charge in [0.15, 0.2) is 6.10 Å². The van der Waals surface area contributed by atoms with Crippen LogP contribution in [0.3, 0.4) is 0 Å². The minimum Gasteiger partial charge on any atom is -0.458 e. The molecule has 0 fully saturated rings. The Labute approximate surface area is 112 Å². The van der Waals surface area contributed by atoms with Gasteiger partial charge in [-0.2, -0.15) is 0 Å². The Morgan fingerprint density at radius 3 is 1.53 bits per heavy atom. The van der Waals surface area contributed by atoms with Crippen LogP contribution >= 0.6 is 0 Å². The van der Waals surface area contributed by atoms with E-state index in [1.807, 2.05) is 0 Å². The van der Waals surface area contributed by atoms with Gasteiger partial charge in [-0.1, -0.05) is 13.2 Å². The van der Waals surface area contributed by atoms with E-state index >= 15 is 0 Å². The highest BCUT2D eigenvalue weighted by Gasteiger charge is 2.18. The lowest BCUT2D eigenvalue weighted by molar-refractivity contribution is -0.162. The fourth-order valence-corrected chi connectivity index (χ4v) is 0.935. The van der Waals surface area contributed by atoms with Crippen LogP contribution in [0.2, 0.25) is 0 Å². The highest BCUT2D eigenvalue weighted by molar-refractivity contribution is 5.87. The molecule has 19 heavy (non-hydrogen) atoms. The lowest BCUT2D eigenvalue weighted by Gasteiger charge is -2.17.